The van der Waals surface area contributed by atoms with Crippen LogP contribution in [0.5, 0.6) is 0 Å². The average molecular weight is 300 g/mol. The van der Waals surface area contributed by atoms with Crippen LogP contribution in [0.15, 0.2) is 24.3 Å². The van der Waals surface area contributed by atoms with Crippen molar-refractivity contribution in [3.05, 3.63) is 51.0 Å². The summed E-state index contributed by atoms with van der Waals surface area (Å²) in [5, 5.41) is 9.39. The Hall–Kier alpha value is -2.14. The minimum absolute atomic E-state index is 0.304. The van der Waals surface area contributed by atoms with Crippen molar-refractivity contribution >= 4 is 28.3 Å². The van der Waals surface area contributed by atoms with E-state index in [1.54, 1.807) is 23.5 Å². The maximum atomic E-state index is 11.4. The number of aromatic carboxylic acids is 1. The number of hydrogen-bond donors (Lipinski definition) is 1. The van der Waals surface area contributed by atoms with Gasteiger partial charge in [0.1, 0.15) is 5.82 Å². The molecule has 0 aliphatic rings. The monoisotopic (exact) mass is 300 g/mol. The fraction of sp³-hybridized carbons (Fsp3) is 0.250. The van der Waals surface area contributed by atoms with Crippen molar-refractivity contribution in [2.45, 2.75) is 27.3 Å². The minimum Gasteiger partial charge on any atom is -0.478 e. The van der Waals surface area contributed by atoms with Gasteiger partial charge in [-0.3, -0.25) is 0 Å². The summed E-state index contributed by atoms with van der Waals surface area (Å²) in [6.07, 6.45) is 0. The van der Waals surface area contributed by atoms with Crippen LogP contribution in [0.1, 0.15) is 31.5 Å². The minimum atomic E-state index is -0.916. The predicted molar refractivity (Wildman–Crippen MR) is 84.3 cm³/mol. The first kappa shape index (κ1) is 13.8. The molecule has 1 aromatic carbocycles. The number of carboxylic acids is 1. The second-order valence-electron chi connectivity index (χ2n) is 5.18. The number of thiophene rings is 1. The average Bonchev–Trinajstić information content (AvgIpc) is 2.90. The van der Waals surface area contributed by atoms with Crippen LogP contribution in [0.3, 0.4) is 0 Å². The van der Waals surface area contributed by atoms with Crippen molar-refractivity contribution in [3.8, 4) is 0 Å². The van der Waals surface area contributed by atoms with Crippen molar-refractivity contribution < 1.29 is 9.90 Å². The van der Waals surface area contributed by atoms with Gasteiger partial charge in [-0.05, 0) is 44.5 Å². The molecule has 0 saturated heterocycles. The van der Waals surface area contributed by atoms with Crippen molar-refractivity contribution in [2.75, 3.05) is 0 Å². The summed E-state index contributed by atoms with van der Waals surface area (Å²) in [7, 11) is 0. The summed E-state index contributed by atoms with van der Waals surface area (Å²) < 4.78 is 1.99. The van der Waals surface area contributed by atoms with Crippen LogP contribution in [0.4, 0.5) is 0 Å². The number of nitrogens with zero attached hydrogens (tertiary/aromatic N) is 2. The molecule has 0 aliphatic heterocycles. The summed E-state index contributed by atoms with van der Waals surface area (Å²) in [5.74, 6) is -0.0808. The van der Waals surface area contributed by atoms with Crippen molar-refractivity contribution in [1.82, 2.24) is 9.55 Å². The fourth-order valence-electron chi connectivity index (χ4n) is 2.55. The Bertz CT molecular complexity index is 826. The van der Waals surface area contributed by atoms with E-state index in [0.717, 1.165) is 11.3 Å². The van der Waals surface area contributed by atoms with E-state index in [4.69, 9.17) is 0 Å². The normalized spacial score (nSPS) is 11.2. The lowest BCUT2D eigenvalue weighted by molar-refractivity contribution is 0.0698. The summed E-state index contributed by atoms with van der Waals surface area (Å²) in [4.78, 5) is 18.4. The Morgan fingerprint density at radius 3 is 2.71 bits per heavy atom. The van der Waals surface area contributed by atoms with Gasteiger partial charge >= 0.3 is 5.97 Å². The third-order valence-electron chi connectivity index (χ3n) is 3.72. The summed E-state index contributed by atoms with van der Waals surface area (Å²) in [6, 6.07) is 7.39. The Labute approximate surface area is 126 Å². The van der Waals surface area contributed by atoms with Crippen LogP contribution >= 0.6 is 11.3 Å². The Kier molecular flexibility index (Phi) is 3.29. The zero-order valence-electron chi connectivity index (χ0n) is 12.2. The third-order valence-corrected chi connectivity index (χ3v) is 4.86. The number of carbonyl (C=O) groups is 1. The van der Waals surface area contributed by atoms with E-state index in [2.05, 4.69) is 24.9 Å². The highest BCUT2D eigenvalue weighted by molar-refractivity contribution is 7.12. The third kappa shape index (κ3) is 2.34. The molecule has 0 bridgehead atoms. The molecule has 3 aromatic rings. The highest BCUT2D eigenvalue weighted by Crippen LogP contribution is 2.26. The van der Waals surface area contributed by atoms with Crippen molar-refractivity contribution in [1.29, 1.82) is 0 Å². The molecule has 108 valence electrons. The number of rotatable bonds is 3. The van der Waals surface area contributed by atoms with E-state index in [1.165, 1.54) is 15.3 Å². The lowest BCUT2D eigenvalue weighted by Crippen LogP contribution is -2.05. The molecular weight excluding hydrogens is 284 g/mol. The maximum absolute atomic E-state index is 11.4. The molecule has 2 heterocycles. The van der Waals surface area contributed by atoms with Crippen LogP contribution in [-0.4, -0.2) is 20.6 Å². The van der Waals surface area contributed by atoms with Crippen LogP contribution in [0.2, 0.25) is 0 Å². The van der Waals surface area contributed by atoms with E-state index in [9.17, 15) is 9.90 Å². The van der Waals surface area contributed by atoms with Gasteiger partial charge in [-0.15, -0.1) is 11.3 Å². The van der Waals surface area contributed by atoms with Gasteiger partial charge in [0.2, 0.25) is 0 Å². The van der Waals surface area contributed by atoms with Gasteiger partial charge < -0.3 is 9.67 Å². The number of fused-ring (bicyclic) bond motifs is 1. The lowest BCUT2D eigenvalue weighted by Gasteiger charge is -2.07. The van der Waals surface area contributed by atoms with Crippen LogP contribution in [0.25, 0.3) is 11.0 Å². The molecule has 0 atom stereocenters. The second kappa shape index (κ2) is 5.00. The van der Waals surface area contributed by atoms with Crippen LogP contribution < -0.4 is 0 Å². The number of benzene rings is 1. The van der Waals surface area contributed by atoms with E-state index in [1.807, 2.05) is 17.6 Å². The number of imidazole rings is 1. The first-order valence-corrected chi connectivity index (χ1v) is 7.54. The Morgan fingerprint density at radius 2 is 2.10 bits per heavy atom. The van der Waals surface area contributed by atoms with Gasteiger partial charge in [0.15, 0.2) is 0 Å². The number of para-hydroxylation sites is 1. The fourth-order valence-corrected chi connectivity index (χ4v) is 3.59. The molecule has 21 heavy (non-hydrogen) atoms. The van der Waals surface area contributed by atoms with Gasteiger partial charge in [0.05, 0.1) is 23.1 Å². The van der Waals surface area contributed by atoms with Gasteiger partial charge in [0.25, 0.3) is 0 Å². The highest BCUT2D eigenvalue weighted by Gasteiger charge is 2.16. The quantitative estimate of drug-likeness (QED) is 0.801. The molecule has 0 amide bonds. The maximum Gasteiger partial charge on any atom is 0.337 e. The molecule has 0 fully saturated rings. The number of hydrogen-bond acceptors (Lipinski definition) is 3. The lowest BCUT2D eigenvalue weighted by atomic mass is 10.2. The standard InChI is InChI=1S/C16H16N2O2S/c1-9-7-12(21-10(9)2)8-18-11(3)17-14-6-4-5-13(15(14)18)16(19)20/h4-7H,8H2,1-3H3,(H,19,20). The zero-order valence-corrected chi connectivity index (χ0v) is 13.0. The molecule has 3 rings (SSSR count). The van der Waals surface area contributed by atoms with Crippen molar-refractivity contribution in [3.63, 3.8) is 0 Å². The largest absolute Gasteiger partial charge is 0.478 e. The Morgan fingerprint density at radius 1 is 1.33 bits per heavy atom. The first-order chi connectivity index (χ1) is 9.97. The molecule has 5 heteroatoms. The van der Waals surface area contributed by atoms with Crippen LogP contribution in [0, 0.1) is 20.8 Å². The van der Waals surface area contributed by atoms with E-state index < -0.39 is 5.97 Å². The van der Waals surface area contributed by atoms with Gasteiger partial charge in [-0.2, -0.15) is 0 Å². The molecule has 2 aromatic heterocycles. The van der Waals surface area contributed by atoms with E-state index in [-0.39, 0.29) is 0 Å². The summed E-state index contributed by atoms with van der Waals surface area (Å²) >= 11 is 1.75. The van der Waals surface area contributed by atoms with Crippen LogP contribution in [-0.2, 0) is 6.54 Å². The zero-order chi connectivity index (χ0) is 15.1. The predicted octanol–water partition coefficient (Wildman–Crippen LogP) is 3.77. The number of carboxylic acid groups (broad SMARTS) is 1. The molecule has 4 nitrogen and oxygen atoms in total. The second-order valence-corrected chi connectivity index (χ2v) is 6.52. The first-order valence-electron chi connectivity index (χ1n) is 6.72. The number of aryl methyl sites for hydroxylation is 3. The smallest absolute Gasteiger partial charge is 0.337 e. The van der Waals surface area contributed by atoms with E-state index >= 15 is 0 Å². The molecule has 1 N–H and O–H groups in total. The Balaban J connectivity index is 2.17. The SMILES string of the molecule is Cc1cc(Cn2c(C)nc3cccc(C(=O)O)c32)sc1C. The van der Waals surface area contributed by atoms with Gasteiger partial charge in [-0.1, -0.05) is 6.07 Å². The molecule has 0 unspecified atom stereocenters. The van der Waals surface area contributed by atoms with E-state index in [0.29, 0.717) is 17.6 Å². The summed E-state index contributed by atoms with van der Waals surface area (Å²) in [5.41, 5.74) is 3.01. The molecule has 0 aliphatic carbocycles. The van der Waals surface area contributed by atoms with Crippen molar-refractivity contribution in [2.24, 2.45) is 0 Å². The van der Waals surface area contributed by atoms with Gasteiger partial charge in [0, 0.05) is 9.75 Å². The molecule has 0 spiro atoms. The topological polar surface area (TPSA) is 55.1 Å². The van der Waals surface area contributed by atoms with Gasteiger partial charge in [-0.25, -0.2) is 9.78 Å². The molecule has 0 saturated carbocycles. The molecular formula is C16H16N2O2S. The highest BCUT2D eigenvalue weighted by atomic mass is 32.1. The summed E-state index contributed by atoms with van der Waals surface area (Å²) in [6.45, 7) is 6.77. The number of aromatic nitrogens is 2. The molecule has 0 radical (unpaired) electrons.